The van der Waals surface area contributed by atoms with Crippen molar-refractivity contribution in [1.29, 1.82) is 0 Å². The fourth-order valence-corrected chi connectivity index (χ4v) is 3.16. The molecule has 0 fully saturated rings. The summed E-state index contributed by atoms with van der Waals surface area (Å²) >= 11 is 0. The Morgan fingerprint density at radius 3 is 2.46 bits per heavy atom. The van der Waals surface area contributed by atoms with Crippen molar-refractivity contribution in [3.63, 3.8) is 0 Å². The molecule has 1 aliphatic rings. The topological polar surface area (TPSA) is 44.7 Å². The number of hydrazone groups is 1. The Labute approximate surface area is 142 Å². The first-order valence-corrected chi connectivity index (χ1v) is 7.94. The molecule has 0 aromatic heterocycles. The number of amides is 1. The number of anilines is 1. The van der Waals surface area contributed by atoms with Crippen LogP contribution in [0.3, 0.4) is 0 Å². The zero-order chi connectivity index (χ0) is 17.2. The van der Waals surface area contributed by atoms with Crippen LogP contribution in [0.4, 0.5) is 5.69 Å². The van der Waals surface area contributed by atoms with Crippen molar-refractivity contribution in [1.82, 2.24) is 5.43 Å². The number of carbonyl (C=O) groups is 1. The van der Waals surface area contributed by atoms with E-state index >= 15 is 0 Å². The minimum atomic E-state index is -0.215. The molecule has 0 spiro atoms. The molecule has 0 unspecified atom stereocenters. The van der Waals surface area contributed by atoms with Crippen molar-refractivity contribution in [3.05, 3.63) is 77.5 Å². The summed E-state index contributed by atoms with van der Waals surface area (Å²) in [6.45, 7) is 4.38. The van der Waals surface area contributed by atoms with Crippen LogP contribution in [-0.2, 0) is 5.41 Å². The van der Waals surface area contributed by atoms with Crippen molar-refractivity contribution in [3.8, 4) is 0 Å². The van der Waals surface area contributed by atoms with Crippen molar-refractivity contribution in [2.24, 2.45) is 5.10 Å². The molecule has 0 saturated carbocycles. The molecule has 1 N–H and O–H groups in total. The SMILES string of the molecule is CN1/C(=C\C=N\NC(=O)c2ccccc2)C(C)(C)c2ccccc21. The van der Waals surface area contributed by atoms with E-state index in [1.807, 2.05) is 30.3 Å². The quantitative estimate of drug-likeness (QED) is 0.692. The molecule has 24 heavy (non-hydrogen) atoms. The molecule has 1 heterocycles. The highest BCUT2D eigenvalue weighted by Gasteiger charge is 2.37. The molecule has 2 aromatic carbocycles. The number of para-hydroxylation sites is 1. The monoisotopic (exact) mass is 319 g/mol. The largest absolute Gasteiger partial charge is 0.347 e. The summed E-state index contributed by atoms with van der Waals surface area (Å²) in [6.07, 6.45) is 3.59. The number of allylic oxidation sites excluding steroid dienone is 2. The second-order valence-corrected chi connectivity index (χ2v) is 6.34. The van der Waals surface area contributed by atoms with E-state index in [1.165, 1.54) is 11.3 Å². The van der Waals surface area contributed by atoms with Crippen LogP contribution in [0.25, 0.3) is 0 Å². The van der Waals surface area contributed by atoms with Gasteiger partial charge in [-0.2, -0.15) is 5.10 Å². The van der Waals surface area contributed by atoms with E-state index in [9.17, 15) is 4.79 Å². The molecule has 122 valence electrons. The number of likely N-dealkylation sites (N-methyl/N-ethyl adjacent to an activating group) is 1. The van der Waals surface area contributed by atoms with E-state index < -0.39 is 0 Å². The number of fused-ring (bicyclic) bond motifs is 1. The Morgan fingerprint density at radius 1 is 1.08 bits per heavy atom. The summed E-state index contributed by atoms with van der Waals surface area (Å²) in [7, 11) is 2.05. The Kier molecular flexibility index (Phi) is 4.21. The molecule has 4 heteroatoms. The highest BCUT2D eigenvalue weighted by Crippen LogP contribution is 2.46. The Bertz CT molecular complexity index is 807. The van der Waals surface area contributed by atoms with Gasteiger partial charge in [-0.3, -0.25) is 4.79 Å². The first kappa shape index (κ1) is 16.0. The van der Waals surface area contributed by atoms with Crippen molar-refractivity contribution < 1.29 is 4.79 Å². The second kappa shape index (κ2) is 6.32. The van der Waals surface area contributed by atoms with Crippen LogP contribution in [-0.4, -0.2) is 19.2 Å². The molecule has 0 radical (unpaired) electrons. The molecule has 4 nitrogen and oxygen atoms in total. The molecular formula is C20H21N3O. The summed E-state index contributed by atoms with van der Waals surface area (Å²) in [4.78, 5) is 14.1. The van der Waals surface area contributed by atoms with Gasteiger partial charge in [-0.05, 0) is 29.8 Å². The lowest BCUT2D eigenvalue weighted by Crippen LogP contribution is -2.23. The van der Waals surface area contributed by atoms with E-state index in [1.54, 1.807) is 18.3 Å². The smallest absolute Gasteiger partial charge is 0.271 e. The van der Waals surface area contributed by atoms with E-state index in [2.05, 4.69) is 54.5 Å². The standard InChI is InChI=1S/C20H21N3O/c1-20(2)16-11-7-8-12-17(16)23(3)18(20)13-14-21-22-19(24)15-9-5-4-6-10-15/h4-14H,1-3H3,(H,22,24)/b18-13-,21-14+. The molecule has 2 aromatic rings. The van der Waals surface area contributed by atoms with Crippen LogP contribution in [0.15, 0.2) is 71.5 Å². The lowest BCUT2D eigenvalue weighted by Gasteiger charge is -2.23. The van der Waals surface area contributed by atoms with Crippen LogP contribution >= 0.6 is 0 Å². The number of nitrogens with one attached hydrogen (secondary N) is 1. The Hall–Kier alpha value is -2.88. The zero-order valence-corrected chi connectivity index (χ0v) is 14.2. The summed E-state index contributed by atoms with van der Waals surface area (Å²) < 4.78 is 0. The van der Waals surface area contributed by atoms with Gasteiger partial charge in [-0.1, -0.05) is 50.2 Å². The third-order valence-corrected chi connectivity index (χ3v) is 4.45. The maximum absolute atomic E-state index is 12.0. The number of nitrogens with zero attached hydrogens (tertiary/aromatic N) is 2. The predicted molar refractivity (Wildman–Crippen MR) is 98.4 cm³/mol. The van der Waals surface area contributed by atoms with Crippen LogP contribution in [0, 0.1) is 0 Å². The summed E-state index contributed by atoms with van der Waals surface area (Å²) in [5, 5.41) is 4.05. The maximum atomic E-state index is 12.0. The van der Waals surface area contributed by atoms with E-state index in [4.69, 9.17) is 0 Å². The Morgan fingerprint density at radius 2 is 1.75 bits per heavy atom. The number of hydrogen-bond donors (Lipinski definition) is 1. The van der Waals surface area contributed by atoms with Gasteiger partial charge in [0.25, 0.3) is 5.91 Å². The van der Waals surface area contributed by atoms with Crippen molar-refractivity contribution in [2.45, 2.75) is 19.3 Å². The first-order valence-electron chi connectivity index (χ1n) is 7.94. The third-order valence-electron chi connectivity index (χ3n) is 4.45. The predicted octanol–water partition coefficient (Wildman–Crippen LogP) is 3.71. The number of hydrogen-bond acceptors (Lipinski definition) is 3. The molecular weight excluding hydrogens is 298 g/mol. The van der Waals surface area contributed by atoms with Gasteiger partial charge in [0.05, 0.1) is 0 Å². The van der Waals surface area contributed by atoms with E-state index in [0.717, 1.165) is 5.70 Å². The highest BCUT2D eigenvalue weighted by atomic mass is 16.2. The summed E-state index contributed by atoms with van der Waals surface area (Å²) in [5.74, 6) is -0.215. The molecule has 1 amide bonds. The van der Waals surface area contributed by atoms with Gasteiger partial charge in [-0.25, -0.2) is 5.43 Å². The molecule has 0 aliphatic carbocycles. The Balaban J connectivity index is 1.74. The van der Waals surface area contributed by atoms with Gasteiger partial charge in [-0.15, -0.1) is 0 Å². The normalized spacial score (nSPS) is 17.3. The first-order chi connectivity index (χ1) is 11.5. The molecule has 1 aliphatic heterocycles. The summed E-state index contributed by atoms with van der Waals surface area (Å²) in [6, 6.07) is 17.4. The molecule has 3 rings (SSSR count). The third kappa shape index (κ3) is 2.83. The number of rotatable bonds is 3. The molecule has 0 saturated heterocycles. The maximum Gasteiger partial charge on any atom is 0.271 e. The fraction of sp³-hybridized carbons (Fsp3) is 0.200. The van der Waals surface area contributed by atoms with Crippen LogP contribution in [0.1, 0.15) is 29.8 Å². The van der Waals surface area contributed by atoms with Gasteiger partial charge < -0.3 is 4.90 Å². The van der Waals surface area contributed by atoms with Gasteiger partial charge in [0.15, 0.2) is 0 Å². The lowest BCUT2D eigenvalue weighted by molar-refractivity contribution is 0.0955. The minimum Gasteiger partial charge on any atom is -0.347 e. The van der Waals surface area contributed by atoms with Crippen LogP contribution < -0.4 is 10.3 Å². The highest BCUT2D eigenvalue weighted by molar-refractivity contribution is 5.94. The van der Waals surface area contributed by atoms with Crippen LogP contribution in [0.5, 0.6) is 0 Å². The molecule has 0 bridgehead atoms. The average molecular weight is 319 g/mol. The second-order valence-electron chi connectivity index (χ2n) is 6.34. The van der Waals surface area contributed by atoms with Crippen LogP contribution in [0.2, 0.25) is 0 Å². The number of carbonyl (C=O) groups excluding carboxylic acids is 1. The number of benzene rings is 2. The minimum absolute atomic E-state index is 0.0964. The average Bonchev–Trinajstić information content (AvgIpc) is 2.80. The van der Waals surface area contributed by atoms with E-state index in [-0.39, 0.29) is 11.3 Å². The van der Waals surface area contributed by atoms with Crippen molar-refractivity contribution >= 4 is 17.8 Å². The lowest BCUT2D eigenvalue weighted by atomic mass is 9.84. The van der Waals surface area contributed by atoms with Gasteiger partial charge in [0, 0.05) is 35.6 Å². The molecule has 0 atom stereocenters. The summed E-state index contributed by atoms with van der Waals surface area (Å²) in [5.41, 5.74) is 6.68. The van der Waals surface area contributed by atoms with Gasteiger partial charge in [0.2, 0.25) is 0 Å². The van der Waals surface area contributed by atoms with E-state index in [0.29, 0.717) is 5.56 Å². The van der Waals surface area contributed by atoms with Gasteiger partial charge >= 0.3 is 0 Å². The fourth-order valence-electron chi connectivity index (χ4n) is 3.16. The zero-order valence-electron chi connectivity index (χ0n) is 14.2. The van der Waals surface area contributed by atoms with Gasteiger partial charge in [0.1, 0.15) is 0 Å². The van der Waals surface area contributed by atoms with Crippen molar-refractivity contribution in [2.75, 3.05) is 11.9 Å².